The van der Waals surface area contributed by atoms with Crippen molar-refractivity contribution in [2.75, 3.05) is 76.2 Å². The molecule has 37 heavy (non-hydrogen) atoms. The number of anilines is 2. The number of carbonyl (C=O) groups is 1. The number of nitrogens with two attached hydrogens (primary N) is 1. The lowest BCUT2D eigenvalue weighted by molar-refractivity contribution is -0.133. The van der Waals surface area contributed by atoms with Crippen LogP contribution in [0.3, 0.4) is 0 Å². The number of nitrogens with one attached hydrogen (secondary N) is 3. The van der Waals surface area contributed by atoms with Crippen LogP contribution in [-0.4, -0.2) is 82.9 Å². The van der Waals surface area contributed by atoms with Gasteiger partial charge in [0.1, 0.15) is 11.6 Å². The largest absolute Gasteiger partial charge is 0.484 e. The van der Waals surface area contributed by atoms with Gasteiger partial charge in [0.05, 0.1) is 12.2 Å². The number of carbonyl (C=O) groups excluding carboxylic acids is 1. The summed E-state index contributed by atoms with van der Waals surface area (Å²) in [5.74, 6) is 0.167. The van der Waals surface area contributed by atoms with E-state index in [0.29, 0.717) is 43.3 Å². The van der Waals surface area contributed by atoms with Gasteiger partial charge >= 0.3 is 0 Å². The number of amides is 1. The average molecular weight is 518 g/mol. The summed E-state index contributed by atoms with van der Waals surface area (Å²) in [5, 5.41) is 11.8. The fourth-order valence-electron chi connectivity index (χ4n) is 3.91. The quantitative estimate of drug-likeness (QED) is 0.157. The molecule has 0 radical (unpaired) electrons. The number of nitrogens with zero attached hydrogens (tertiary/aromatic N) is 3. The molecule has 0 aliphatic carbocycles. The number of halogens is 1. The molecule has 202 valence electrons. The Morgan fingerprint density at radius 2 is 1.89 bits per heavy atom. The van der Waals surface area contributed by atoms with Crippen molar-refractivity contribution in [3.05, 3.63) is 58.8 Å². The highest BCUT2D eigenvalue weighted by Gasteiger charge is 2.23. The number of hydrogen-bond donors (Lipinski definition) is 4. The molecule has 1 amide bonds. The van der Waals surface area contributed by atoms with Gasteiger partial charge in [0.25, 0.3) is 5.91 Å². The predicted molar refractivity (Wildman–Crippen MR) is 141 cm³/mol. The lowest BCUT2D eigenvalue weighted by Crippen LogP contribution is -2.50. The molecule has 0 spiro atoms. The van der Waals surface area contributed by atoms with Crippen LogP contribution in [0.25, 0.3) is 0 Å². The molecule has 0 aromatic heterocycles. The minimum atomic E-state index is -0.593. The number of rotatable bonds is 15. The number of piperazine rings is 1. The predicted octanol–water partition coefficient (Wildman–Crippen LogP) is 1.30. The Balaban J connectivity index is 1.41. The zero-order valence-corrected chi connectivity index (χ0v) is 21.1. The molecular weight excluding hydrogens is 481 g/mol. The van der Waals surface area contributed by atoms with Gasteiger partial charge in [-0.15, -0.1) is 4.91 Å². The molecule has 1 saturated heterocycles. The monoisotopic (exact) mass is 517 g/mol. The van der Waals surface area contributed by atoms with Gasteiger partial charge in [-0.25, -0.2) is 4.39 Å². The Morgan fingerprint density at radius 1 is 1.14 bits per heavy atom. The average Bonchev–Trinajstić information content (AvgIpc) is 2.93. The van der Waals surface area contributed by atoms with E-state index in [1.165, 1.54) is 6.07 Å². The van der Waals surface area contributed by atoms with Crippen molar-refractivity contribution in [3.8, 4) is 5.75 Å². The standard InChI is InChI=1S/C25H36FN7O4/c1-28-8-9-29-16-19-2-5-21(6-3-19)36-18-25(34)33-12-10-32(11-13-33)24-7-4-20(14-23(24)26)30-17-22(15-27)37-31-35/h2-7,14,22,28-30H,8-13,15-18,27H2,1H3. The van der Waals surface area contributed by atoms with Gasteiger partial charge in [-0.05, 0) is 42.9 Å². The molecule has 11 nitrogen and oxygen atoms in total. The molecule has 1 unspecified atom stereocenters. The molecule has 5 N–H and O–H groups in total. The van der Waals surface area contributed by atoms with Crippen molar-refractivity contribution >= 4 is 17.3 Å². The van der Waals surface area contributed by atoms with Crippen LogP contribution < -0.4 is 31.3 Å². The minimum Gasteiger partial charge on any atom is -0.484 e. The Kier molecular flexibility index (Phi) is 11.3. The fraction of sp³-hybridized carbons (Fsp3) is 0.480. The van der Waals surface area contributed by atoms with Crippen molar-refractivity contribution in [1.29, 1.82) is 0 Å². The van der Waals surface area contributed by atoms with E-state index >= 15 is 0 Å². The van der Waals surface area contributed by atoms with Crippen LogP contribution in [0, 0.1) is 10.7 Å². The second-order valence-corrected chi connectivity index (χ2v) is 8.67. The van der Waals surface area contributed by atoms with E-state index in [9.17, 15) is 14.1 Å². The molecule has 12 heteroatoms. The first-order valence-corrected chi connectivity index (χ1v) is 12.4. The molecule has 0 saturated carbocycles. The molecule has 1 aliphatic heterocycles. The van der Waals surface area contributed by atoms with E-state index in [2.05, 4.69) is 26.1 Å². The Hall–Kier alpha value is -3.48. The summed E-state index contributed by atoms with van der Waals surface area (Å²) in [7, 11) is 1.92. The first-order chi connectivity index (χ1) is 18.0. The fourth-order valence-corrected chi connectivity index (χ4v) is 3.91. The lowest BCUT2D eigenvalue weighted by Gasteiger charge is -2.36. The summed E-state index contributed by atoms with van der Waals surface area (Å²) < 4.78 is 20.5. The highest BCUT2D eigenvalue weighted by Crippen LogP contribution is 2.24. The van der Waals surface area contributed by atoms with Crippen LogP contribution in [0.1, 0.15) is 5.56 Å². The summed E-state index contributed by atoms with van der Waals surface area (Å²) in [5.41, 5.74) is 7.65. The zero-order valence-electron chi connectivity index (χ0n) is 21.1. The van der Waals surface area contributed by atoms with Gasteiger partial charge in [0.15, 0.2) is 18.1 Å². The van der Waals surface area contributed by atoms with Gasteiger partial charge in [-0.3, -0.25) is 4.79 Å². The summed E-state index contributed by atoms with van der Waals surface area (Å²) in [6.45, 7) is 4.84. The second kappa shape index (κ2) is 14.9. The smallest absolute Gasteiger partial charge is 0.260 e. The van der Waals surface area contributed by atoms with Gasteiger partial charge in [0.2, 0.25) is 0 Å². The third-order valence-electron chi connectivity index (χ3n) is 6.08. The normalized spacial score (nSPS) is 14.2. The topological polar surface area (TPSA) is 134 Å². The Morgan fingerprint density at radius 3 is 2.54 bits per heavy atom. The van der Waals surface area contributed by atoms with E-state index in [1.54, 1.807) is 17.0 Å². The number of ether oxygens (including phenoxy) is 1. The molecule has 2 aromatic carbocycles. The second-order valence-electron chi connectivity index (χ2n) is 8.67. The maximum atomic E-state index is 14.8. The van der Waals surface area contributed by atoms with Gasteiger partial charge in [0, 0.05) is 58.0 Å². The van der Waals surface area contributed by atoms with Crippen LogP contribution in [0.4, 0.5) is 15.8 Å². The van der Waals surface area contributed by atoms with Crippen molar-refractivity contribution in [3.63, 3.8) is 0 Å². The SMILES string of the molecule is CNCCNCc1ccc(OCC(=O)N2CCN(c3ccc(NCC(CN)ON=O)cc3F)CC2)cc1. The van der Waals surface area contributed by atoms with E-state index < -0.39 is 6.10 Å². The van der Waals surface area contributed by atoms with Crippen molar-refractivity contribution < 1.29 is 18.8 Å². The highest BCUT2D eigenvalue weighted by atomic mass is 19.1. The maximum absolute atomic E-state index is 14.8. The molecular formula is C25H36FN7O4. The molecule has 1 fully saturated rings. The summed E-state index contributed by atoms with van der Waals surface area (Å²) in [6, 6.07) is 12.5. The molecule has 1 atom stereocenters. The molecule has 3 rings (SSSR count). The number of benzene rings is 2. The van der Waals surface area contributed by atoms with Crippen LogP contribution >= 0.6 is 0 Å². The summed E-state index contributed by atoms with van der Waals surface area (Å²) in [4.78, 5) is 31.1. The third-order valence-corrected chi connectivity index (χ3v) is 6.08. The third kappa shape index (κ3) is 8.85. The summed E-state index contributed by atoms with van der Waals surface area (Å²) in [6.07, 6.45) is -0.593. The Bertz CT molecular complexity index is 988. The Labute approximate surface area is 216 Å². The van der Waals surface area contributed by atoms with Crippen LogP contribution in [0.5, 0.6) is 5.75 Å². The van der Waals surface area contributed by atoms with Gasteiger partial charge < -0.3 is 41.1 Å². The highest BCUT2D eigenvalue weighted by molar-refractivity contribution is 5.78. The van der Waals surface area contributed by atoms with E-state index in [-0.39, 0.29) is 31.4 Å². The first-order valence-electron chi connectivity index (χ1n) is 12.4. The van der Waals surface area contributed by atoms with Crippen LogP contribution in [0.15, 0.2) is 47.8 Å². The van der Waals surface area contributed by atoms with Crippen LogP contribution in [-0.2, 0) is 16.2 Å². The minimum absolute atomic E-state index is 0.0401. The van der Waals surface area contributed by atoms with Crippen LogP contribution in [0.2, 0.25) is 0 Å². The van der Waals surface area contributed by atoms with Crippen molar-refractivity contribution in [2.24, 2.45) is 11.1 Å². The van der Waals surface area contributed by atoms with E-state index in [4.69, 9.17) is 10.5 Å². The molecule has 1 heterocycles. The first kappa shape index (κ1) is 28.1. The maximum Gasteiger partial charge on any atom is 0.260 e. The molecule has 2 aromatic rings. The van der Waals surface area contributed by atoms with E-state index in [0.717, 1.165) is 25.2 Å². The number of likely N-dealkylation sites (N-methyl/N-ethyl adjacent to an activating group) is 1. The van der Waals surface area contributed by atoms with Crippen molar-refractivity contribution in [2.45, 2.75) is 12.6 Å². The molecule has 0 bridgehead atoms. The molecule has 1 aliphatic rings. The van der Waals surface area contributed by atoms with Gasteiger partial charge in [-0.2, -0.15) is 0 Å². The lowest BCUT2D eigenvalue weighted by atomic mass is 10.2. The van der Waals surface area contributed by atoms with E-state index in [1.807, 2.05) is 36.2 Å². The summed E-state index contributed by atoms with van der Waals surface area (Å²) >= 11 is 0. The van der Waals surface area contributed by atoms with Gasteiger partial charge in [-0.1, -0.05) is 12.1 Å². The van der Waals surface area contributed by atoms with Crippen molar-refractivity contribution in [1.82, 2.24) is 15.5 Å². The zero-order chi connectivity index (χ0) is 26.5. The number of hydrogen-bond acceptors (Lipinski definition) is 10.